The molecule has 0 amide bonds. The van der Waals surface area contributed by atoms with Crippen molar-refractivity contribution in [1.29, 1.82) is 0 Å². The Balaban J connectivity index is 2.75. The van der Waals surface area contributed by atoms with Gasteiger partial charge >= 0.3 is 5.97 Å². The fourth-order valence-electron chi connectivity index (χ4n) is 1.69. The maximum absolute atomic E-state index is 12.0. The van der Waals surface area contributed by atoms with E-state index in [2.05, 4.69) is 0 Å². The standard InChI is InChI=1S/C10H11NO2S4/c1-4-13-9(12)5-7-6(10(14)17-16-7)11(2)8(5)15-3/h4H2,1-3H3. The van der Waals surface area contributed by atoms with E-state index in [0.29, 0.717) is 12.2 Å². The summed E-state index contributed by atoms with van der Waals surface area (Å²) in [6.45, 7) is 2.20. The molecule has 0 radical (unpaired) electrons. The summed E-state index contributed by atoms with van der Waals surface area (Å²) in [6.07, 6.45) is 1.95. The van der Waals surface area contributed by atoms with Gasteiger partial charge in [0.1, 0.15) is 9.39 Å². The molecule has 0 N–H and O–H groups in total. The van der Waals surface area contributed by atoms with Crippen LogP contribution in [0.5, 0.6) is 0 Å². The first-order chi connectivity index (χ1) is 8.11. The van der Waals surface area contributed by atoms with Crippen LogP contribution < -0.4 is 0 Å². The fraction of sp³-hybridized carbons (Fsp3) is 0.400. The van der Waals surface area contributed by atoms with Crippen molar-refractivity contribution in [3.8, 4) is 0 Å². The summed E-state index contributed by atoms with van der Waals surface area (Å²) in [4.78, 5) is 12.0. The molecule has 0 aliphatic heterocycles. The van der Waals surface area contributed by atoms with Crippen LogP contribution >= 0.6 is 44.7 Å². The third kappa shape index (κ3) is 2.05. The number of rotatable bonds is 3. The van der Waals surface area contributed by atoms with Gasteiger partial charge in [-0.15, -0.1) is 11.8 Å². The molecular weight excluding hydrogens is 294 g/mol. The molecule has 17 heavy (non-hydrogen) atoms. The van der Waals surface area contributed by atoms with Crippen molar-refractivity contribution in [3.05, 3.63) is 9.39 Å². The first-order valence-corrected chi connectivity index (χ1v) is 8.72. The topological polar surface area (TPSA) is 31.2 Å². The third-order valence-electron chi connectivity index (χ3n) is 2.36. The van der Waals surface area contributed by atoms with Crippen LogP contribution in [0.2, 0.25) is 0 Å². The average molecular weight is 305 g/mol. The lowest BCUT2D eigenvalue weighted by Gasteiger charge is -2.04. The summed E-state index contributed by atoms with van der Waals surface area (Å²) < 4.78 is 8.88. The number of carbonyl (C=O) groups is 1. The quantitative estimate of drug-likeness (QED) is 0.372. The summed E-state index contributed by atoms with van der Waals surface area (Å²) in [5.41, 5.74) is 1.64. The molecule has 0 unspecified atom stereocenters. The molecule has 0 aliphatic rings. The van der Waals surface area contributed by atoms with Crippen LogP contribution in [0.15, 0.2) is 5.03 Å². The van der Waals surface area contributed by atoms with Crippen molar-refractivity contribution in [2.75, 3.05) is 12.9 Å². The Morgan fingerprint density at radius 3 is 2.82 bits per heavy atom. The van der Waals surface area contributed by atoms with E-state index in [4.69, 9.17) is 17.0 Å². The van der Waals surface area contributed by atoms with E-state index in [1.165, 1.54) is 10.3 Å². The number of aryl methyl sites for hydroxylation is 1. The third-order valence-corrected chi connectivity index (χ3v) is 6.23. The van der Waals surface area contributed by atoms with Crippen molar-refractivity contribution in [2.45, 2.75) is 11.9 Å². The minimum atomic E-state index is -0.258. The van der Waals surface area contributed by atoms with E-state index in [1.54, 1.807) is 22.1 Å². The van der Waals surface area contributed by atoms with E-state index in [9.17, 15) is 4.79 Å². The highest BCUT2D eigenvalue weighted by Gasteiger charge is 2.24. The van der Waals surface area contributed by atoms with Crippen LogP contribution in [0.25, 0.3) is 10.2 Å². The largest absolute Gasteiger partial charge is 0.462 e. The molecule has 0 saturated carbocycles. The van der Waals surface area contributed by atoms with Crippen LogP contribution in [0.1, 0.15) is 17.3 Å². The van der Waals surface area contributed by atoms with Crippen molar-refractivity contribution < 1.29 is 9.53 Å². The zero-order chi connectivity index (χ0) is 12.6. The van der Waals surface area contributed by atoms with Gasteiger partial charge in [0.05, 0.1) is 21.8 Å². The number of fused-ring (bicyclic) bond motifs is 1. The molecule has 2 aromatic rings. The van der Waals surface area contributed by atoms with Crippen LogP contribution in [-0.2, 0) is 11.8 Å². The number of carbonyl (C=O) groups excluding carboxylic acids is 1. The Hall–Kier alpha value is -0.370. The molecule has 3 nitrogen and oxygen atoms in total. The molecule has 92 valence electrons. The number of aromatic nitrogens is 1. The van der Waals surface area contributed by atoms with Gasteiger partial charge in [0.25, 0.3) is 0 Å². The van der Waals surface area contributed by atoms with Crippen LogP contribution in [0, 0.1) is 3.82 Å². The lowest BCUT2D eigenvalue weighted by atomic mass is 10.3. The average Bonchev–Trinajstić information content (AvgIpc) is 2.79. The van der Waals surface area contributed by atoms with Crippen molar-refractivity contribution in [1.82, 2.24) is 4.57 Å². The molecule has 2 rings (SSSR count). The molecule has 0 aliphatic carbocycles. The second kappa shape index (κ2) is 5.09. The SMILES string of the molecule is CCOC(=O)c1c(SC)n(C)c2c(=S)ssc12. The molecule has 0 aromatic carbocycles. The second-order valence-corrected chi connectivity index (χ2v) is 6.91. The normalized spacial score (nSPS) is 11.0. The van der Waals surface area contributed by atoms with Gasteiger partial charge in [-0.25, -0.2) is 4.79 Å². The number of thioether (sulfide) groups is 1. The summed E-state index contributed by atoms with van der Waals surface area (Å²) in [5.74, 6) is -0.258. The van der Waals surface area contributed by atoms with Gasteiger partial charge in [0.15, 0.2) is 0 Å². The molecule has 0 bridgehead atoms. The molecule has 0 spiro atoms. The Kier molecular flexibility index (Phi) is 3.92. The lowest BCUT2D eigenvalue weighted by molar-refractivity contribution is 0.0524. The van der Waals surface area contributed by atoms with Crippen molar-refractivity contribution in [3.63, 3.8) is 0 Å². The number of nitrogens with zero attached hydrogens (tertiary/aromatic N) is 1. The van der Waals surface area contributed by atoms with Crippen molar-refractivity contribution in [2.24, 2.45) is 7.05 Å². The highest BCUT2D eigenvalue weighted by atomic mass is 32.9. The fourth-order valence-corrected chi connectivity index (χ4v) is 5.44. The number of ether oxygens (including phenoxy) is 1. The summed E-state index contributed by atoms with van der Waals surface area (Å²) >= 11 is 6.84. The minimum Gasteiger partial charge on any atom is -0.462 e. The van der Waals surface area contributed by atoms with E-state index >= 15 is 0 Å². The molecule has 2 aromatic heterocycles. The van der Waals surface area contributed by atoms with Crippen LogP contribution in [0.3, 0.4) is 0 Å². The highest BCUT2D eigenvalue weighted by Crippen LogP contribution is 2.38. The molecular formula is C10H11NO2S4. The molecule has 0 fully saturated rings. The van der Waals surface area contributed by atoms with Gasteiger partial charge in [-0.3, -0.25) is 0 Å². The number of hydrogen-bond donors (Lipinski definition) is 0. The monoisotopic (exact) mass is 305 g/mol. The molecule has 0 saturated heterocycles. The Morgan fingerprint density at radius 1 is 1.53 bits per heavy atom. The zero-order valence-electron chi connectivity index (χ0n) is 9.60. The van der Waals surface area contributed by atoms with E-state index in [1.807, 2.05) is 24.8 Å². The minimum absolute atomic E-state index is 0.258. The predicted molar refractivity (Wildman–Crippen MR) is 77.2 cm³/mol. The van der Waals surface area contributed by atoms with Crippen molar-refractivity contribution >= 4 is 60.8 Å². The second-order valence-electron chi connectivity index (χ2n) is 3.30. The van der Waals surface area contributed by atoms with Crippen LogP contribution in [0.4, 0.5) is 0 Å². The Bertz CT molecular complexity index is 622. The summed E-state index contributed by atoms with van der Waals surface area (Å²) in [7, 11) is 5.01. The van der Waals surface area contributed by atoms with E-state index < -0.39 is 0 Å². The first-order valence-electron chi connectivity index (χ1n) is 4.94. The van der Waals surface area contributed by atoms with Gasteiger partial charge < -0.3 is 9.30 Å². The first kappa shape index (κ1) is 13.1. The number of hydrogen-bond acceptors (Lipinski definition) is 6. The lowest BCUT2D eigenvalue weighted by Crippen LogP contribution is -2.05. The van der Waals surface area contributed by atoms with Gasteiger partial charge in [0.2, 0.25) is 0 Å². The Morgan fingerprint density at radius 2 is 2.24 bits per heavy atom. The number of esters is 1. The highest BCUT2D eigenvalue weighted by molar-refractivity contribution is 7.98. The zero-order valence-corrected chi connectivity index (χ0v) is 12.9. The van der Waals surface area contributed by atoms with Gasteiger partial charge in [0, 0.05) is 7.05 Å². The molecule has 0 atom stereocenters. The maximum Gasteiger partial charge on any atom is 0.342 e. The van der Waals surface area contributed by atoms with Crippen LogP contribution in [-0.4, -0.2) is 23.4 Å². The summed E-state index contributed by atoms with van der Waals surface area (Å²) in [5, 5.41) is 0.920. The predicted octanol–water partition coefficient (Wildman–Crippen LogP) is 3.93. The molecule has 7 heteroatoms. The van der Waals surface area contributed by atoms with E-state index in [0.717, 1.165) is 19.1 Å². The Labute approximate surface area is 116 Å². The van der Waals surface area contributed by atoms with E-state index in [-0.39, 0.29) is 5.97 Å². The smallest absolute Gasteiger partial charge is 0.342 e. The molecule has 2 heterocycles. The van der Waals surface area contributed by atoms with Gasteiger partial charge in [-0.2, -0.15) is 0 Å². The summed E-state index contributed by atoms with van der Waals surface area (Å²) in [6, 6.07) is 0. The van der Waals surface area contributed by atoms with Gasteiger partial charge in [-0.05, 0) is 13.2 Å². The van der Waals surface area contributed by atoms with Gasteiger partial charge in [-0.1, -0.05) is 32.9 Å². The maximum atomic E-state index is 12.0.